The normalized spacial score (nSPS) is 12.7. The maximum Gasteiger partial charge on any atom is 0.218 e. The Morgan fingerprint density at radius 3 is 2.25 bits per heavy atom. The molecule has 0 spiro atoms. The molecule has 0 fully saturated rings. The number of nitrogens with two attached hydrogens (primary N) is 1. The molecule has 0 saturated heterocycles. The quantitative estimate of drug-likeness (QED) is 0.633. The summed E-state index contributed by atoms with van der Waals surface area (Å²) in [5, 5.41) is 0. The number of anilines is 1. The molecule has 1 rings (SSSR count). The van der Waals surface area contributed by atoms with Crippen LogP contribution in [-0.4, -0.2) is 41.1 Å². The average molecular weight is 281 g/mol. The van der Waals surface area contributed by atoms with Gasteiger partial charge in [-0.2, -0.15) is 4.98 Å². The third kappa shape index (κ3) is 4.31. The van der Waals surface area contributed by atoms with E-state index < -0.39 is 0 Å². The van der Waals surface area contributed by atoms with Gasteiger partial charge >= 0.3 is 0 Å². The Morgan fingerprint density at radius 2 is 1.80 bits per heavy atom. The largest absolute Gasteiger partial charge is 0.476 e. The van der Waals surface area contributed by atoms with E-state index in [1.54, 1.807) is 6.07 Å². The standard InChI is InChI=1S/C14H27N5O/c1-13(2,3)12-16-10(18-15)8-11(17-12)20-9-14(4,5)19(6)7/h8H,9,15H2,1-7H3,(H,16,17,18). The fourth-order valence-electron chi connectivity index (χ4n) is 1.29. The van der Waals surface area contributed by atoms with Gasteiger partial charge in [-0.05, 0) is 27.9 Å². The zero-order valence-electron chi connectivity index (χ0n) is 13.6. The highest BCUT2D eigenvalue weighted by Crippen LogP contribution is 2.23. The van der Waals surface area contributed by atoms with E-state index in [4.69, 9.17) is 10.6 Å². The highest BCUT2D eigenvalue weighted by molar-refractivity contribution is 5.38. The van der Waals surface area contributed by atoms with Crippen molar-refractivity contribution in [2.75, 3.05) is 26.1 Å². The molecule has 0 unspecified atom stereocenters. The van der Waals surface area contributed by atoms with Crippen molar-refractivity contribution in [1.29, 1.82) is 0 Å². The van der Waals surface area contributed by atoms with Crippen molar-refractivity contribution < 1.29 is 4.74 Å². The molecule has 6 nitrogen and oxygen atoms in total. The van der Waals surface area contributed by atoms with Gasteiger partial charge in [-0.1, -0.05) is 20.8 Å². The Labute approximate surface area is 121 Å². The minimum atomic E-state index is -0.165. The lowest BCUT2D eigenvalue weighted by Crippen LogP contribution is -2.43. The van der Waals surface area contributed by atoms with Crippen LogP contribution in [0.3, 0.4) is 0 Å². The van der Waals surface area contributed by atoms with Gasteiger partial charge in [0.25, 0.3) is 0 Å². The highest BCUT2D eigenvalue weighted by Gasteiger charge is 2.23. The first-order chi connectivity index (χ1) is 9.06. The maximum atomic E-state index is 5.82. The number of ether oxygens (including phenoxy) is 1. The van der Waals surface area contributed by atoms with Crippen molar-refractivity contribution >= 4 is 5.82 Å². The Hall–Kier alpha value is -1.40. The first-order valence-electron chi connectivity index (χ1n) is 6.72. The summed E-state index contributed by atoms with van der Waals surface area (Å²) in [7, 11) is 4.05. The molecule has 1 aromatic heterocycles. The Morgan fingerprint density at radius 1 is 1.20 bits per heavy atom. The minimum Gasteiger partial charge on any atom is -0.476 e. The van der Waals surface area contributed by atoms with Gasteiger partial charge in [0.05, 0.1) is 0 Å². The van der Waals surface area contributed by atoms with Crippen LogP contribution in [0.5, 0.6) is 5.88 Å². The summed E-state index contributed by atoms with van der Waals surface area (Å²) >= 11 is 0. The topological polar surface area (TPSA) is 76.3 Å². The Bertz CT molecular complexity index is 451. The summed E-state index contributed by atoms with van der Waals surface area (Å²) in [5.74, 6) is 7.25. The van der Waals surface area contributed by atoms with E-state index in [0.717, 1.165) is 0 Å². The monoisotopic (exact) mass is 281 g/mol. The van der Waals surface area contributed by atoms with Crippen LogP contribution in [0.4, 0.5) is 5.82 Å². The summed E-state index contributed by atoms with van der Waals surface area (Å²) < 4.78 is 5.82. The molecule has 114 valence electrons. The first kappa shape index (κ1) is 16.7. The van der Waals surface area contributed by atoms with Gasteiger partial charge < -0.3 is 15.1 Å². The van der Waals surface area contributed by atoms with Gasteiger partial charge in [-0.3, -0.25) is 0 Å². The molecule has 20 heavy (non-hydrogen) atoms. The van der Waals surface area contributed by atoms with Crippen LogP contribution in [-0.2, 0) is 5.41 Å². The van der Waals surface area contributed by atoms with Crippen LogP contribution >= 0.6 is 0 Å². The number of rotatable bonds is 5. The minimum absolute atomic E-state index is 0.0802. The Balaban J connectivity index is 2.96. The molecule has 1 aromatic rings. The summed E-state index contributed by atoms with van der Waals surface area (Å²) in [6.45, 7) is 10.9. The van der Waals surface area contributed by atoms with Gasteiger partial charge in [0, 0.05) is 17.0 Å². The van der Waals surface area contributed by atoms with Gasteiger partial charge in [-0.25, -0.2) is 10.8 Å². The van der Waals surface area contributed by atoms with Gasteiger partial charge in [0.2, 0.25) is 5.88 Å². The second-order valence-corrected chi connectivity index (χ2v) is 6.80. The number of nitrogens with one attached hydrogen (secondary N) is 1. The predicted octanol–water partition coefficient (Wildman–Crippen LogP) is 1.78. The predicted molar refractivity (Wildman–Crippen MR) is 81.8 cm³/mol. The summed E-state index contributed by atoms with van der Waals surface area (Å²) in [6, 6.07) is 1.71. The molecule has 0 saturated carbocycles. The van der Waals surface area contributed by atoms with E-state index in [9.17, 15) is 0 Å². The van der Waals surface area contributed by atoms with E-state index in [-0.39, 0.29) is 11.0 Å². The fourth-order valence-corrected chi connectivity index (χ4v) is 1.29. The lowest BCUT2D eigenvalue weighted by molar-refractivity contribution is 0.110. The second-order valence-electron chi connectivity index (χ2n) is 6.80. The molecule has 0 aromatic carbocycles. The van der Waals surface area contributed by atoms with Crippen molar-refractivity contribution in [3.8, 4) is 5.88 Å². The zero-order chi connectivity index (χ0) is 15.6. The van der Waals surface area contributed by atoms with E-state index >= 15 is 0 Å². The van der Waals surface area contributed by atoms with E-state index in [1.807, 2.05) is 14.1 Å². The third-order valence-corrected chi connectivity index (χ3v) is 3.31. The maximum absolute atomic E-state index is 5.82. The molecule has 0 bridgehead atoms. The van der Waals surface area contributed by atoms with Crippen molar-refractivity contribution in [3.05, 3.63) is 11.9 Å². The lowest BCUT2D eigenvalue weighted by Gasteiger charge is -2.32. The SMILES string of the molecule is CN(C)C(C)(C)COc1cc(NN)nc(C(C)(C)C)n1. The van der Waals surface area contributed by atoms with Crippen molar-refractivity contribution in [2.45, 2.75) is 45.6 Å². The van der Waals surface area contributed by atoms with Crippen LogP contribution in [0.2, 0.25) is 0 Å². The molecular weight excluding hydrogens is 254 g/mol. The smallest absolute Gasteiger partial charge is 0.218 e. The number of nitrogen functional groups attached to an aromatic ring is 1. The Kier molecular flexibility index (Phi) is 4.94. The first-order valence-corrected chi connectivity index (χ1v) is 6.72. The second kappa shape index (κ2) is 5.93. The lowest BCUT2D eigenvalue weighted by atomic mass is 9.96. The molecule has 0 atom stereocenters. The van der Waals surface area contributed by atoms with Crippen molar-refractivity contribution in [3.63, 3.8) is 0 Å². The molecule has 0 aliphatic rings. The molecule has 0 aliphatic carbocycles. The van der Waals surface area contributed by atoms with Crippen molar-refractivity contribution in [2.24, 2.45) is 5.84 Å². The van der Waals surface area contributed by atoms with Gasteiger partial charge in [0.15, 0.2) is 0 Å². The molecule has 0 aliphatic heterocycles. The molecule has 0 amide bonds. The fraction of sp³-hybridized carbons (Fsp3) is 0.714. The average Bonchev–Trinajstić information content (AvgIpc) is 2.34. The highest BCUT2D eigenvalue weighted by atomic mass is 16.5. The zero-order valence-corrected chi connectivity index (χ0v) is 13.6. The number of aromatic nitrogens is 2. The number of hydrazine groups is 1. The molecule has 3 N–H and O–H groups in total. The van der Waals surface area contributed by atoms with Crippen molar-refractivity contribution in [1.82, 2.24) is 14.9 Å². The van der Waals surface area contributed by atoms with Gasteiger partial charge in [-0.15, -0.1) is 0 Å². The molecule has 0 radical (unpaired) electrons. The summed E-state index contributed by atoms with van der Waals surface area (Å²) in [4.78, 5) is 10.9. The van der Waals surface area contributed by atoms with Crippen LogP contribution in [0.15, 0.2) is 6.07 Å². The number of likely N-dealkylation sites (N-methyl/N-ethyl adjacent to an activating group) is 1. The van der Waals surface area contributed by atoms with Crippen LogP contribution in [0.25, 0.3) is 0 Å². The number of nitrogens with zero attached hydrogens (tertiary/aromatic N) is 3. The van der Waals surface area contributed by atoms with E-state index in [0.29, 0.717) is 24.1 Å². The van der Waals surface area contributed by atoms with E-state index in [2.05, 4.69) is 54.9 Å². The molecule has 1 heterocycles. The van der Waals surface area contributed by atoms with Crippen LogP contribution < -0.4 is 16.0 Å². The molecule has 6 heteroatoms. The molecular formula is C14H27N5O. The number of hydrogen-bond acceptors (Lipinski definition) is 6. The van der Waals surface area contributed by atoms with E-state index in [1.165, 1.54) is 0 Å². The summed E-state index contributed by atoms with van der Waals surface area (Å²) in [5.41, 5.74) is 2.31. The van der Waals surface area contributed by atoms with Crippen LogP contribution in [0, 0.1) is 0 Å². The third-order valence-electron chi connectivity index (χ3n) is 3.31. The summed E-state index contributed by atoms with van der Waals surface area (Å²) in [6.07, 6.45) is 0. The van der Waals surface area contributed by atoms with Crippen LogP contribution in [0.1, 0.15) is 40.4 Å². The van der Waals surface area contributed by atoms with Gasteiger partial charge in [0.1, 0.15) is 18.2 Å². The number of hydrogen-bond donors (Lipinski definition) is 2.